The summed E-state index contributed by atoms with van der Waals surface area (Å²) in [6.45, 7) is 2.30. The summed E-state index contributed by atoms with van der Waals surface area (Å²) in [5.74, 6) is 0.376. The summed E-state index contributed by atoms with van der Waals surface area (Å²) in [5.41, 5.74) is 7.03. The second kappa shape index (κ2) is 6.20. The molecule has 0 spiro atoms. The molecule has 20 heavy (non-hydrogen) atoms. The van der Waals surface area contributed by atoms with Gasteiger partial charge in [0, 0.05) is 25.4 Å². The molecule has 1 heterocycles. The minimum absolute atomic E-state index is 0.176. The van der Waals surface area contributed by atoms with Crippen molar-refractivity contribution in [3.05, 3.63) is 58.5 Å². The average Bonchev–Trinajstić information content (AvgIpc) is 2.46. The number of rotatable bonds is 4. The zero-order valence-electron chi connectivity index (χ0n) is 11.5. The first-order valence-corrected chi connectivity index (χ1v) is 6.74. The Hall–Kier alpha value is -1.65. The summed E-state index contributed by atoms with van der Waals surface area (Å²) in [5, 5.41) is 0.513. The predicted molar refractivity (Wildman–Crippen MR) is 80.4 cm³/mol. The van der Waals surface area contributed by atoms with Crippen LogP contribution >= 0.6 is 11.6 Å². The number of benzene rings is 1. The zero-order chi connectivity index (χ0) is 14.7. The molecule has 1 aromatic carbocycles. The van der Waals surface area contributed by atoms with Crippen molar-refractivity contribution in [2.24, 2.45) is 5.73 Å². The third kappa shape index (κ3) is 2.92. The summed E-state index contributed by atoms with van der Waals surface area (Å²) in [6, 6.07) is 8.31. The van der Waals surface area contributed by atoms with Crippen LogP contribution in [0.3, 0.4) is 0 Å². The van der Waals surface area contributed by atoms with Gasteiger partial charge in [0.05, 0.1) is 11.1 Å². The summed E-state index contributed by atoms with van der Waals surface area (Å²) in [7, 11) is 1.84. The number of nitrogens with zero attached hydrogens (tertiary/aromatic N) is 2. The smallest absolute Gasteiger partial charge is 0.147 e. The second-order valence-electron chi connectivity index (χ2n) is 4.66. The Morgan fingerprint density at radius 3 is 2.70 bits per heavy atom. The highest BCUT2D eigenvalue weighted by atomic mass is 35.5. The van der Waals surface area contributed by atoms with Gasteiger partial charge in [0.1, 0.15) is 11.6 Å². The fourth-order valence-corrected chi connectivity index (χ4v) is 2.37. The van der Waals surface area contributed by atoms with Gasteiger partial charge in [0.25, 0.3) is 0 Å². The van der Waals surface area contributed by atoms with E-state index in [0.717, 1.165) is 5.56 Å². The molecule has 0 aliphatic heterocycles. The van der Waals surface area contributed by atoms with Crippen molar-refractivity contribution >= 4 is 17.4 Å². The van der Waals surface area contributed by atoms with Gasteiger partial charge in [0.2, 0.25) is 0 Å². The maximum absolute atomic E-state index is 13.8. The number of halogens is 2. The Balaban J connectivity index is 2.31. The van der Waals surface area contributed by atoms with Crippen LogP contribution in [0.2, 0.25) is 5.02 Å². The maximum atomic E-state index is 13.8. The lowest BCUT2D eigenvalue weighted by Crippen LogP contribution is -2.24. The maximum Gasteiger partial charge on any atom is 0.147 e. The fourth-order valence-electron chi connectivity index (χ4n) is 2.05. The molecule has 0 radical (unpaired) electrons. The van der Waals surface area contributed by atoms with Crippen molar-refractivity contribution in [1.29, 1.82) is 0 Å². The van der Waals surface area contributed by atoms with E-state index in [0.29, 0.717) is 22.9 Å². The molecule has 2 N–H and O–H groups in total. The summed E-state index contributed by atoms with van der Waals surface area (Å²) in [6.07, 6.45) is 1.69. The number of aromatic nitrogens is 1. The van der Waals surface area contributed by atoms with E-state index < -0.39 is 0 Å². The van der Waals surface area contributed by atoms with Crippen LogP contribution in [0.4, 0.5) is 10.2 Å². The highest BCUT2D eigenvalue weighted by Gasteiger charge is 2.18. The normalized spacial score (nSPS) is 12.2. The first-order chi connectivity index (χ1) is 9.54. The van der Waals surface area contributed by atoms with Crippen molar-refractivity contribution in [2.45, 2.75) is 19.5 Å². The molecule has 1 aromatic heterocycles. The van der Waals surface area contributed by atoms with Crippen LogP contribution < -0.4 is 10.6 Å². The summed E-state index contributed by atoms with van der Waals surface area (Å²) < 4.78 is 13.8. The van der Waals surface area contributed by atoms with E-state index in [1.807, 2.05) is 24.9 Å². The molecule has 0 aliphatic rings. The van der Waals surface area contributed by atoms with Crippen LogP contribution in [0, 0.1) is 5.82 Å². The molecule has 1 unspecified atom stereocenters. The van der Waals surface area contributed by atoms with Crippen LogP contribution in [0.1, 0.15) is 24.1 Å². The minimum Gasteiger partial charge on any atom is -0.352 e. The molecule has 0 aliphatic carbocycles. The Morgan fingerprint density at radius 1 is 1.40 bits per heavy atom. The Kier molecular flexibility index (Phi) is 4.57. The molecular formula is C15H17ClFN3. The Morgan fingerprint density at radius 2 is 2.10 bits per heavy atom. The van der Waals surface area contributed by atoms with Crippen molar-refractivity contribution in [3.8, 4) is 0 Å². The highest BCUT2D eigenvalue weighted by molar-refractivity contribution is 6.33. The molecule has 0 saturated carbocycles. The van der Waals surface area contributed by atoms with Gasteiger partial charge in [0.15, 0.2) is 0 Å². The third-order valence-electron chi connectivity index (χ3n) is 3.38. The quantitative estimate of drug-likeness (QED) is 0.937. The number of nitrogens with two attached hydrogens (primary N) is 1. The van der Waals surface area contributed by atoms with Gasteiger partial charge in [-0.25, -0.2) is 9.37 Å². The van der Waals surface area contributed by atoms with Crippen LogP contribution in [-0.4, -0.2) is 12.0 Å². The molecule has 2 aromatic rings. The van der Waals surface area contributed by atoms with Crippen molar-refractivity contribution in [1.82, 2.24) is 4.98 Å². The van der Waals surface area contributed by atoms with Crippen LogP contribution in [-0.2, 0) is 6.54 Å². The van der Waals surface area contributed by atoms with Gasteiger partial charge < -0.3 is 10.6 Å². The number of anilines is 1. The first kappa shape index (κ1) is 14.8. The molecule has 3 nitrogen and oxygen atoms in total. The predicted octanol–water partition coefficient (Wildman–Crippen LogP) is 3.53. The minimum atomic E-state index is -0.235. The Labute approximate surface area is 123 Å². The molecule has 1 atom stereocenters. The van der Waals surface area contributed by atoms with Crippen molar-refractivity contribution in [3.63, 3.8) is 0 Å². The van der Waals surface area contributed by atoms with E-state index in [2.05, 4.69) is 4.98 Å². The van der Waals surface area contributed by atoms with Crippen molar-refractivity contribution in [2.75, 3.05) is 11.9 Å². The zero-order valence-corrected chi connectivity index (χ0v) is 12.2. The number of hydrogen-bond acceptors (Lipinski definition) is 3. The van der Waals surface area contributed by atoms with E-state index in [9.17, 15) is 4.39 Å². The summed E-state index contributed by atoms with van der Waals surface area (Å²) in [4.78, 5) is 6.17. The molecule has 106 valence electrons. The number of hydrogen-bond donors (Lipinski definition) is 1. The standard InChI is InChI=1S/C15H17ClFN3/c1-10(12-5-3-4-6-14(12)17)20(2)15-13(16)7-11(8-18)9-19-15/h3-7,9-10H,8,18H2,1-2H3. The molecule has 2 rings (SSSR count). The molecular weight excluding hydrogens is 277 g/mol. The second-order valence-corrected chi connectivity index (χ2v) is 5.07. The molecule has 0 fully saturated rings. The summed E-state index contributed by atoms with van der Waals surface area (Å²) >= 11 is 6.22. The average molecular weight is 294 g/mol. The topological polar surface area (TPSA) is 42.2 Å². The molecule has 0 amide bonds. The molecule has 0 bridgehead atoms. The van der Waals surface area contributed by atoms with Gasteiger partial charge in [-0.3, -0.25) is 0 Å². The van der Waals surface area contributed by atoms with Gasteiger partial charge in [-0.1, -0.05) is 29.8 Å². The van der Waals surface area contributed by atoms with Crippen LogP contribution in [0.5, 0.6) is 0 Å². The van der Waals surface area contributed by atoms with Gasteiger partial charge in [-0.2, -0.15) is 0 Å². The van der Waals surface area contributed by atoms with Gasteiger partial charge in [-0.15, -0.1) is 0 Å². The molecule has 5 heteroatoms. The first-order valence-electron chi connectivity index (χ1n) is 6.36. The van der Waals surface area contributed by atoms with Crippen molar-refractivity contribution < 1.29 is 4.39 Å². The number of pyridine rings is 1. The Bertz CT molecular complexity index is 603. The van der Waals surface area contributed by atoms with E-state index in [1.165, 1.54) is 6.07 Å². The third-order valence-corrected chi connectivity index (χ3v) is 3.66. The van der Waals surface area contributed by atoms with Crippen LogP contribution in [0.15, 0.2) is 36.5 Å². The van der Waals surface area contributed by atoms with E-state index in [4.69, 9.17) is 17.3 Å². The van der Waals surface area contributed by atoms with Gasteiger partial charge >= 0.3 is 0 Å². The van der Waals surface area contributed by atoms with Crippen LogP contribution in [0.25, 0.3) is 0 Å². The largest absolute Gasteiger partial charge is 0.352 e. The lowest BCUT2D eigenvalue weighted by molar-refractivity contribution is 0.584. The lowest BCUT2D eigenvalue weighted by atomic mass is 10.1. The SMILES string of the molecule is CC(c1ccccc1F)N(C)c1ncc(CN)cc1Cl. The highest BCUT2D eigenvalue weighted by Crippen LogP contribution is 2.30. The van der Waals surface area contributed by atoms with Gasteiger partial charge in [-0.05, 0) is 24.6 Å². The lowest BCUT2D eigenvalue weighted by Gasteiger charge is -2.27. The monoisotopic (exact) mass is 293 g/mol. The van der Waals surface area contributed by atoms with E-state index >= 15 is 0 Å². The van der Waals surface area contributed by atoms with E-state index in [-0.39, 0.29) is 11.9 Å². The molecule has 0 saturated heterocycles. The van der Waals surface area contributed by atoms with E-state index in [1.54, 1.807) is 24.4 Å². The fraction of sp³-hybridized carbons (Fsp3) is 0.267.